The molecule has 1 aromatic carbocycles. The van der Waals surface area contributed by atoms with E-state index in [1.165, 1.54) is 18.9 Å². The smallest absolute Gasteiger partial charge is 0.316 e. The van der Waals surface area contributed by atoms with Gasteiger partial charge in [-0.3, -0.25) is 9.59 Å². The van der Waals surface area contributed by atoms with Crippen molar-refractivity contribution in [3.8, 4) is 0 Å². The maximum absolute atomic E-state index is 12.1. The number of benzene rings is 1. The fourth-order valence-electron chi connectivity index (χ4n) is 1.68. The molecule has 0 fully saturated rings. The van der Waals surface area contributed by atoms with Gasteiger partial charge in [-0.2, -0.15) is 0 Å². The zero-order chi connectivity index (χ0) is 15.1. The highest BCUT2D eigenvalue weighted by Crippen LogP contribution is 2.19. The van der Waals surface area contributed by atoms with Crippen molar-refractivity contribution in [1.82, 2.24) is 5.32 Å². The molecule has 0 spiro atoms. The quantitative estimate of drug-likeness (QED) is 0.832. The predicted octanol–water partition coefficient (Wildman–Crippen LogP) is 1.90. The van der Waals surface area contributed by atoms with Crippen LogP contribution in [0.1, 0.15) is 19.8 Å². The van der Waals surface area contributed by atoms with Crippen LogP contribution in [0.25, 0.3) is 0 Å². The Bertz CT molecular complexity index is 500. The Kier molecular flexibility index (Phi) is 6.38. The Hall–Kier alpha value is -1.69. The second kappa shape index (κ2) is 7.79. The van der Waals surface area contributed by atoms with Gasteiger partial charge in [-0.05, 0) is 37.6 Å². The number of likely N-dealkylation sites (N-methyl/N-ethyl adjacent to an activating group) is 1. The van der Waals surface area contributed by atoms with Crippen LogP contribution in [-0.4, -0.2) is 31.2 Å². The van der Waals surface area contributed by atoms with Crippen LogP contribution in [-0.2, 0) is 14.4 Å². The van der Waals surface area contributed by atoms with Crippen molar-refractivity contribution in [2.24, 2.45) is 0 Å². The Morgan fingerprint density at radius 3 is 2.30 bits per heavy atom. The van der Waals surface area contributed by atoms with E-state index >= 15 is 0 Å². The summed E-state index contributed by atoms with van der Waals surface area (Å²) in [6.45, 7) is 1.83. The van der Waals surface area contributed by atoms with Gasteiger partial charge in [-0.15, -0.1) is 0 Å². The molecule has 6 heteroatoms. The van der Waals surface area contributed by atoms with Gasteiger partial charge in [0.25, 0.3) is 0 Å². The number of ketones is 1. The van der Waals surface area contributed by atoms with E-state index in [4.69, 9.17) is 0 Å². The van der Waals surface area contributed by atoms with Crippen LogP contribution in [0.15, 0.2) is 28.7 Å². The Morgan fingerprint density at radius 2 is 1.80 bits per heavy atom. The molecular weight excluding hydrogens is 324 g/mol. The van der Waals surface area contributed by atoms with E-state index in [9.17, 15) is 14.4 Å². The van der Waals surface area contributed by atoms with Crippen molar-refractivity contribution in [2.75, 3.05) is 18.5 Å². The number of nitrogens with zero attached hydrogens (tertiary/aromatic N) is 1. The highest BCUT2D eigenvalue weighted by molar-refractivity contribution is 9.10. The molecule has 0 aromatic heterocycles. The maximum atomic E-state index is 12.1. The summed E-state index contributed by atoms with van der Waals surface area (Å²) in [6.07, 6.45) is 0.905. The summed E-state index contributed by atoms with van der Waals surface area (Å²) in [5, 5.41) is 2.32. The molecular formula is C14H17BrN2O3. The monoisotopic (exact) mass is 340 g/mol. The van der Waals surface area contributed by atoms with Gasteiger partial charge in [0.05, 0.1) is 0 Å². The predicted molar refractivity (Wildman–Crippen MR) is 80.5 cm³/mol. The van der Waals surface area contributed by atoms with Gasteiger partial charge in [0.15, 0.2) is 0 Å². The molecule has 0 radical (unpaired) electrons. The van der Waals surface area contributed by atoms with Gasteiger partial charge in [0.2, 0.25) is 0 Å². The molecule has 0 saturated heterocycles. The minimum Gasteiger partial charge on any atom is -0.351 e. The second-order valence-corrected chi connectivity index (χ2v) is 5.23. The summed E-state index contributed by atoms with van der Waals surface area (Å²) in [5.41, 5.74) is 0.630. The summed E-state index contributed by atoms with van der Waals surface area (Å²) in [5.74, 6) is -1.23. The lowest BCUT2D eigenvalue weighted by atomic mass is 10.2. The average molecular weight is 341 g/mol. The zero-order valence-corrected chi connectivity index (χ0v) is 13.1. The minimum absolute atomic E-state index is 0.0631. The molecule has 1 N–H and O–H groups in total. The molecule has 0 atom stereocenters. The molecule has 1 aromatic rings. The molecule has 0 bridgehead atoms. The van der Waals surface area contributed by atoms with Crippen molar-refractivity contribution in [3.63, 3.8) is 0 Å². The fourth-order valence-corrected chi connectivity index (χ4v) is 1.95. The van der Waals surface area contributed by atoms with Gasteiger partial charge in [-0.1, -0.05) is 15.9 Å². The highest BCUT2D eigenvalue weighted by Gasteiger charge is 2.21. The first-order chi connectivity index (χ1) is 9.45. The fraction of sp³-hybridized carbons (Fsp3) is 0.357. The normalized spacial score (nSPS) is 9.95. The standard InChI is InChI=1S/C14H17BrN2O3/c1-10(18)4-3-9-17(14(20)13(19)16-2)12-7-5-11(15)6-8-12/h5-8H,3-4,9H2,1-2H3,(H,16,19). The number of Topliss-reactive ketones (excluding diaryl/α,β-unsaturated/α-hetero) is 1. The topological polar surface area (TPSA) is 66.5 Å². The van der Waals surface area contributed by atoms with Crippen molar-refractivity contribution in [2.45, 2.75) is 19.8 Å². The number of nitrogens with one attached hydrogen (secondary N) is 1. The molecule has 20 heavy (non-hydrogen) atoms. The number of hydrogen-bond donors (Lipinski definition) is 1. The van der Waals surface area contributed by atoms with Gasteiger partial charge < -0.3 is 15.0 Å². The van der Waals surface area contributed by atoms with Crippen molar-refractivity contribution in [3.05, 3.63) is 28.7 Å². The first-order valence-electron chi connectivity index (χ1n) is 6.24. The number of amides is 2. The Morgan fingerprint density at radius 1 is 1.20 bits per heavy atom. The maximum Gasteiger partial charge on any atom is 0.316 e. The van der Waals surface area contributed by atoms with Crippen LogP contribution < -0.4 is 10.2 Å². The molecule has 0 aliphatic heterocycles. The third kappa shape index (κ3) is 4.77. The van der Waals surface area contributed by atoms with E-state index in [2.05, 4.69) is 21.2 Å². The minimum atomic E-state index is -0.671. The molecule has 2 amide bonds. The zero-order valence-electron chi connectivity index (χ0n) is 11.5. The van der Waals surface area contributed by atoms with E-state index in [0.717, 1.165) is 4.47 Å². The van der Waals surface area contributed by atoms with Crippen LogP contribution >= 0.6 is 15.9 Å². The summed E-state index contributed by atoms with van der Waals surface area (Å²) >= 11 is 3.32. The summed E-state index contributed by atoms with van der Waals surface area (Å²) in [4.78, 5) is 35.9. The van der Waals surface area contributed by atoms with E-state index in [-0.39, 0.29) is 5.78 Å². The van der Waals surface area contributed by atoms with Crippen molar-refractivity contribution >= 4 is 39.2 Å². The van der Waals surface area contributed by atoms with Crippen LogP contribution in [0.3, 0.4) is 0 Å². The molecule has 0 aliphatic carbocycles. The van der Waals surface area contributed by atoms with Crippen molar-refractivity contribution < 1.29 is 14.4 Å². The van der Waals surface area contributed by atoms with Gasteiger partial charge in [0, 0.05) is 30.2 Å². The lowest BCUT2D eigenvalue weighted by molar-refractivity contribution is -0.137. The first kappa shape index (κ1) is 16.4. The third-order valence-corrected chi connectivity index (χ3v) is 3.24. The molecule has 0 aliphatic rings. The van der Waals surface area contributed by atoms with Crippen LogP contribution in [0, 0.1) is 0 Å². The lowest BCUT2D eigenvalue weighted by Crippen LogP contribution is -2.42. The van der Waals surface area contributed by atoms with E-state index in [0.29, 0.717) is 25.1 Å². The number of hydrogen-bond acceptors (Lipinski definition) is 3. The molecule has 0 heterocycles. The Balaban J connectivity index is 2.88. The Labute approximate surface area is 126 Å². The van der Waals surface area contributed by atoms with E-state index in [1.807, 2.05) is 0 Å². The first-order valence-corrected chi connectivity index (χ1v) is 7.03. The SMILES string of the molecule is CNC(=O)C(=O)N(CCCC(C)=O)c1ccc(Br)cc1. The van der Waals surface area contributed by atoms with Gasteiger partial charge in [-0.25, -0.2) is 0 Å². The lowest BCUT2D eigenvalue weighted by Gasteiger charge is -2.21. The number of carbonyl (C=O) groups is 3. The van der Waals surface area contributed by atoms with Crippen LogP contribution in [0.2, 0.25) is 0 Å². The van der Waals surface area contributed by atoms with Crippen LogP contribution in [0.4, 0.5) is 5.69 Å². The van der Waals surface area contributed by atoms with E-state index in [1.54, 1.807) is 24.3 Å². The third-order valence-electron chi connectivity index (χ3n) is 2.72. The molecule has 5 nitrogen and oxygen atoms in total. The highest BCUT2D eigenvalue weighted by atomic mass is 79.9. The number of rotatable bonds is 5. The second-order valence-electron chi connectivity index (χ2n) is 4.32. The number of halogens is 1. The van der Waals surface area contributed by atoms with Crippen LogP contribution in [0.5, 0.6) is 0 Å². The number of anilines is 1. The van der Waals surface area contributed by atoms with Gasteiger partial charge >= 0.3 is 11.8 Å². The molecule has 1 rings (SSSR count). The summed E-state index contributed by atoms with van der Waals surface area (Å²) in [7, 11) is 1.41. The average Bonchev–Trinajstić information content (AvgIpc) is 2.43. The molecule has 0 saturated carbocycles. The summed E-state index contributed by atoms with van der Waals surface area (Å²) < 4.78 is 0.886. The molecule has 0 unspecified atom stereocenters. The number of carbonyl (C=O) groups excluding carboxylic acids is 3. The van der Waals surface area contributed by atoms with E-state index < -0.39 is 11.8 Å². The largest absolute Gasteiger partial charge is 0.351 e. The van der Waals surface area contributed by atoms with Crippen molar-refractivity contribution in [1.29, 1.82) is 0 Å². The van der Waals surface area contributed by atoms with Gasteiger partial charge in [0.1, 0.15) is 5.78 Å². The molecule has 108 valence electrons. The summed E-state index contributed by atoms with van der Waals surface area (Å²) in [6, 6.07) is 7.09.